The summed E-state index contributed by atoms with van der Waals surface area (Å²) in [4.78, 5) is 27.0. The summed E-state index contributed by atoms with van der Waals surface area (Å²) in [5, 5.41) is 20.9. The number of aryl methyl sites for hydroxylation is 1. The van der Waals surface area contributed by atoms with Gasteiger partial charge in [0.25, 0.3) is 11.2 Å². The lowest BCUT2D eigenvalue weighted by atomic mass is 10.0. The smallest absolute Gasteiger partial charge is 0.283 e. The van der Waals surface area contributed by atoms with Gasteiger partial charge in [-0.15, -0.1) is 0 Å². The number of rotatable bonds is 4. The Kier molecular flexibility index (Phi) is 5.44. The number of aromatic nitrogens is 1. The van der Waals surface area contributed by atoms with Crippen LogP contribution in [-0.4, -0.2) is 9.91 Å². The molecule has 1 aromatic heterocycles. The number of nitriles is 1. The van der Waals surface area contributed by atoms with Gasteiger partial charge in [-0.1, -0.05) is 33.8 Å². The molecular weight excluding hydrogens is 430 g/mol. The minimum Gasteiger partial charge on any atom is -0.325 e. The van der Waals surface area contributed by atoms with Gasteiger partial charge in [0.1, 0.15) is 11.6 Å². The average Bonchev–Trinajstić information content (AvgIpc) is 2.63. The molecule has 0 atom stereocenters. The van der Waals surface area contributed by atoms with E-state index < -0.39 is 10.5 Å². The summed E-state index contributed by atoms with van der Waals surface area (Å²) in [6.45, 7) is 1.69. The van der Waals surface area contributed by atoms with Gasteiger partial charge in [-0.25, -0.2) is 0 Å². The summed E-state index contributed by atoms with van der Waals surface area (Å²) in [5.74, 6) is 0. The second kappa shape index (κ2) is 7.78. The van der Waals surface area contributed by atoms with Gasteiger partial charge >= 0.3 is 0 Å². The highest BCUT2D eigenvalue weighted by Crippen LogP contribution is 2.38. The van der Waals surface area contributed by atoms with Gasteiger partial charge in [0, 0.05) is 26.7 Å². The van der Waals surface area contributed by atoms with Crippen LogP contribution in [0.1, 0.15) is 11.3 Å². The summed E-state index contributed by atoms with van der Waals surface area (Å²) in [6, 6.07) is 15.7. The number of hydrogen-bond donors (Lipinski definition) is 1. The van der Waals surface area contributed by atoms with Crippen LogP contribution in [0.2, 0.25) is 0 Å². The first-order chi connectivity index (χ1) is 12.9. The van der Waals surface area contributed by atoms with E-state index in [0.717, 1.165) is 9.37 Å². The van der Waals surface area contributed by atoms with E-state index in [4.69, 9.17) is 0 Å². The molecule has 6 nitrogen and oxygen atoms in total. The van der Waals surface area contributed by atoms with Crippen LogP contribution in [0.15, 0.2) is 67.6 Å². The Morgan fingerprint density at radius 1 is 1.19 bits per heavy atom. The van der Waals surface area contributed by atoms with E-state index >= 15 is 0 Å². The second-order valence-electron chi connectivity index (χ2n) is 5.68. The van der Waals surface area contributed by atoms with E-state index in [1.165, 1.54) is 17.8 Å². The number of H-pyrrole nitrogens is 1. The quantitative estimate of drug-likeness (QED) is 0.451. The van der Waals surface area contributed by atoms with Gasteiger partial charge in [-0.3, -0.25) is 14.9 Å². The minimum atomic E-state index is -0.511. The molecule has 8 heteroatoms. The fraction of sp³-hybridized carbons (Fsp3) is 0.0526. The number of benzene rings is 2. The highest BCUT2D eigenvalue weighted by atomic mass is 79.9. The number of nitrogens with zero attached hydrogens (tertiary/aromatic N) is 2. The summed E-state index contributed by atoms with van der Waals surface area (Å²) in [7, 11) is 0. The molecule has 0 spiro atoms. The van der Waals surface area contributed by atoms with Crippen molar-refractivity contribution in [2.75, 3.05) is 0 Å². The number of nitro benzene ring substituents is 1. The van der Waals surface area contributed by atoms with E-state index in [0.29, 0.717) is 21.7 Å². The molecule has 1 N–H and O–H groups in total. The second-order valence-corrected chi connectivity index (χ2v) is 7.71. The predicted octanol–water partition coefficient (Wildman–Crippen LogP) is 5.04. The SMILES string of the molecule is Cc1cc(-c2ccc(Sc3ccc(Br)cc3)c([N+](=O)[O-])c2)c(C#N)c(=O)[nH]1. The van der Waals surface area contributed by atoms with Crippen LogP contribution < -0.4 is 5.56 Å². The molecule has 0 aliphatic rings. The van der Waals surface area contributed by atoms with E-state index in [1.807, 2.05) is 30.3 Å². The lowest BCUT2D eigenvalue weighted by molar-refractivity contribution is -0.387. The average molecular weight is 442 g/mol. The largest absolute Gasteiger partial charge is 0.325 e. The Balaban J connectivity index is 2.10. The molecule has 134 valence electrons. The molecule has 2 aromatic carbocycles. The maximum Gasteiger partial charge on any atom is 0.283 e. The first kappa shape index (κ1) is 18.9. The van der Waals surface area contributed by atoms with Crippen molar-refractivity contribution < 1.29 is 4.92 Å². The zero-order valence-electron chi connectivity index (χ0n) is 14.0. The van der Waals surface area contributed by atoms with Gasteiger partial charge in [0.05, 0.1) is 9.82 Å². The molecule has 3 rings (SSSR count). The molecule has 0 amide bonds. The van der Waals surface area contributed by atoms with Crippen LogP contribution >= 0.6 is 27.7 Å². The highest BCUT2D eigenvalue weighted by Gasteiger charge is 2.19. The normalized spacial score (nSPS) is 10.4. The number of hydrogen-bond acceptors (Lipinski definition) is 5. The van der Waals surface area contributed by atoms with Crippen molar-refractivity contribution in [1.82, 2.24) is 4.98 Å². The number of nitrogens with one attached hydrogen (secondary N) is 1. The molecule has 0 saturated heterocycles. The standard InChI is InChI=1S/C19H12BrN3O3S/c1-11-8-15(16(10-21)19(24)22-11)12-2-7-18(17(9-12)23(25)26)27-14-5-3-13(20)4-6-14/h2-9H,1H3,(H,22,24). The third-order valence-electron chi connectivity index (χ3n) is 3.79. The molecule has 0 aliphatic carbocycles. The highest BCUT2D eigenvalue weighted by molar-refractivity contribution is 9.10. The van der Waals surface area contributed by atoms with E-state index in [2.05, 4.69) is 20.9 Å². The lowest BCUT2D eigenvalue weighted by Crippen LogP contribution is -2.12. The topological polar surface area (TPSA) is 99.8 Å². The molecule has 0 bridgehead atoms. The van der Waals surface area contributed by atoms with Crippen molar-refractivity contribution >= 4 is 33.4 Å². The maximum atomic E-state index is 12.0. The van der Waals surface area contributed by atoms with Gasteiger partial charge in [-0.05, 0) is 48.9 Å². The lowest BCUT2D eigenvalue weighted by Gasteiger charge is -2.08. The van der Waals surface area contributed by atoms with Crippen molar-refractivity contribution in [3.8, 4) is 17.2 Å². The summed E-state index contributed by atoms with van der Waals surface area (Å²) in [6.07, 6.45) is 0. The van der Waals surface area contributed by atoms with Gasteiger partial charge in [-0.2, -0.15) is 5.26 Å². The fourth-order valence-corrected chi connectivity index (χ4v) is 3.74. The van der Waals surface area contributed by atoms with Crippen molar-refractivity contribution in [1.29, 1.82) is 5.26 Å². The number of halogens is 1. The van der Waals surface area contributed by atoms with Gasteiger partial charge in [0.15, 0.2) is 0 Å². The fourth-order valence-electron chi connectivity index (χ4n) is 2.57. The first-order valence-electron chi connectivity index (χ1n) is 7.75. The van der Waals surface area contributed by atoms with Crippen molar-refractivity contribution in [2.24, 2.45) is 0 Å². The van der Waals surface area contributed by atoms with Crippen LogP contribution in [0, 0.1) is 28.4 Å². The molecule has 27 heavy (non-hydrogen) atoms. The van der Waals surface area contributed by atoms with Crippen LogP contribution in [0.25, 0.3) is 11.1 Å². The Morgan fingerprint density at radius 2 is 1.89 bits per heavy atom. The van der Waals surface area contributed by atoms with Crippen LogP contribution in [0.5, 0.6) is 0 Å². The summed E-state index contributed by atoms with van der Waals surface area (Å²) < 4.78 is 0.922. The number of pyridine rings is 1. The third-order valence-corrected chi connectivity index (χ3v) is 5.39. The van der Waals surface area contributed by atoms with Crippen molar-refractivity contribution in [2.45, 2.75) is 16.7 Å². The summed E-state index contributed by atoms with van der Waals surface area (Å²) in [5.41, 5.74) is 0.744. The van der Waals surface area contributed by atoms with Crippen LogP contribution in [0.4, 0.5) is 5.69 Å². The zero-order chi connectivity index (χ0) is 19.6. The molecule has 0 aliphatic heterocycles. The van der Waals surface area contributed by atoms with Crippen LogP contribution in [0.3, 0.4) is 0 Å². The minimum absolute atomic E-state index is 0.0665. The molecule has 0 fully saturated rings. The Hall–Kier alpha value is -2.89. The van der Waals surface area contributed by atoms with Crippen LogP contribution in [-0.2, 0) is 0 Å². The Labute approximate surface area is 167 Å². The van der Waals surface area contributed by atoms with E-state index in [9.17, 15) is 20.2 Å². The first-order valence-corrected chi connectivity index (χ1v) is 9.36. The van der Waals surface area contributed by atoms with E-state index in [1.54, 1.807) is 25.1 Å². The van der Waals surface area contributed by atoms with E-state index in [-0.39, 0.29) is 11.3 Å². The molecule has 0 radical (unpaired) electrons. The van der Waals surface area contributed by atoms with Gasteiger partial charge < -0.3 is 4.98 Å². The molecule has 0 saturated carbocycles. The van der Waals surface area contributed by atoms with Crippen molar-refractivity contribution in [3.05, 3.63) is 84.7 Å². The third kappa shape index (κ3) is 4.10. The van der Waals surface area contributed by atoms with Gasteiger partial charge in [0.2, 0.25) is 0 Å². The molecule has 1 heterocycles. The molecule has 0 unspecified atom stereocenters. The zero-order valence-corrected chi connectivity index (χ0v) is 16.4. The number of nitro groups is 1. The molecular formula is C19H12BrN3O3S. The summed E-state index contributed by atoms with van der Waals surface area (Å²) >= 11 is 4.63. The predicted molar refractivity (Wildman–Crippen MR) is 107 cm³/mol. The number of aromatic amines is 1. The molecule has 3 aromatic rings. The Morgan fingerprint density at radius 3 is 2.52 bits per heavy atom. The monoisotopic (exact) mass is 441 g/mol. The maximum absolute atomic E-state index is 12.0. The Bertz CT molecular complexity index is 1130. The van der Waals surface area contributed by atoms with Crippen molar-refractivity contribution in [3.63, 3.8) is 0 Å².